The summed E-state index contributed by atoms with van der Waals surface area (Å²) in [4.78, 5) is 10.4. The first kappa shape index (κ1) is 14.1. The van der Waals surface area contributed by atoms with Crippen LogP contribution in [0.4, 0.5) is 4.39 Å². The van der Waals surface area contributed by atoms with E-state index in [4.69, 9.17) is 21.4 Å². The number of carbonyl (C=O) groups is 1. The number of ether oxygens (including phenoxy) is 1. The smallest absolute Gasteiger partial charge is 0.328 e. The number of benzene rings is 2. The third-order valence-electron chi connectivity index (χ3n) is 2.38. The van der Waals surface area contributed by atoms with Crippen LogP contribution in [0.1, 0.15) is 5.56 Å². The van der Waals surface area contributed by atoms with Gasteiger partial charge in [-0.25, -0.2) is 9.18 Å². The molecule has 5 heteroatoms. The first-order chi connectivity index (χ1) is 9.54. The average Bonchev–Trinajstić information content (AvgIpc) is 2.38. The molecule has 0 aliphatic carbocycles. The van der Waals surface area contributed by atoms with E-state index in [1.165, 1.54) is 24.3 Å². The van der Waals surface area contributed by atoms with Crippen molar-refractivity contribution in [3.8, 4) is 11.5 Å². The maximum Gasteiger partial charge on any atom is 0.328 e. The lowest BCUT2D eigenvalue weighted by atomic mass is 10.2. The zero-order valence-electron chi connectivity index (χ0n) is 10.2. The van der Waals surface area contributed by atoms with Gasteiger partial charge in [0, 0.05) is 12.1 Å². The van der Waals surface area contributed by atoms with Crippen molar-refractivity contribution in [3.05, 3.63) is 64.9 Å². The van der Waals surface area contributed by atoms with Crippen molar-refractivity contribution in [3.63, 3.8) is 0 Å². The van der Waals surface area contributed by atoms with Gasteiger partial charge in [-0.2, -0.15) is 0 Å². The molecule has 0 aliphatic heterocycles. The van der Waals surface area contributed by atoms with Gasteiger partial charge in [0.1, 0.15) is 17.3 Å². The predicted octanol–water partition coefficient (Wildman–Crippen LogP) is 4.37. The molecule has 3 nitrogen and oxygen atoms in total. The van der Waals surface area contributed by atoms with Crippen molar-refractivity contribution in [1.29, 1.82) is 0 Å². The minimum Gasteiger partial charge on any atom is -0.478 e. The zero-order chi connectivity index (χ0) is 14.5. The highest BCUT2D eigenvalue weighted by Gasteiger charge is 2.05. The Kier molecular flexibility index (Phi) is 4.38. The lowest BCUT2D eigenvalue weighted by molar-refractivity contribution is -0.131. The molecule has 0 amide bonds. The summed E-state index contributed by atoms with van der Waals surface area (Å²) in [6.45, 7) is 0. The molecular formula is C15H10ClFO3. The van der Waals surface area contributed by atoms with Gasteiger partial charge in [-0.1, -0.05) is 23.7 Å². The molecule has 0 unspecified atom stereocenters. The Hall–Kier alpha value is -2.33. The molecule has 2 aromatic carbocycles. The Labute approximate surface area is 119 Å². The van der Waals surface area contributed by atoms with Gasteiger partial charge in [0.05, 0.1) is 5.02 Å². The van der Waals surface area contributed by atoms with E-state index in [0.29, 0.717) is 16.3 Å². The summed E-state index contributed by atoms with van der Waals surface area (Å²) in [5.41, 5.74) is 0.384. The first-order valence-electron chi connectivity index (χ1n) is 5.68. The fourth-order valence-corrected chi connectivity index (χ4v) is 1.74. The van der Waals surface area contributed by atoms with Gasteiger partial charge in [-0.3, -0.25) is 0 Å². The molecule has 0 fully saturated rings. The topological polar surface area (TPSA) is 46.5 Å². The lowest BCUT2D eigenvalue weighted by Gasteiger charge is -2.08. The van der Waals surface area contributed by atoms with E-state index in [9.17, 15) is 9.18 Å². The van der Waals surface area contributed by atoms with Crippen LogP contribution in [0.2, 0.25) is 5.02 Å². The van der Waals surface area contributed by atoms with Gasteiger partial charge < -0.3 is 9.84 Å². The summed E-state index contributed by atoms with van der Waals surface area (Å²) >= 11 is 5.95. The third-order valence-corrected chi connectivity index (χ3v) is 2.69. The second-order valence-electron chi connectivity index (χ2n) is 3.92. The Morgan fingerprint density at radius 2 is 2.00 bits per heavy atom. The predicted molar refractivity (Wildman–Crippen MR) is 74.6 cm³/mol. The summed E-state index contributed by atoms with van der Waals surface area (Å²) < 4.78 is 18.9. The highest BCUT2D eigenvalue weighted by molar-refractivity contribution is 6.32. The molecule has 0 heterocycles. The summed E-state index contributed by atoms with van der Waals surface area (Å²) in [6.07, 6.45) is 2.21. The highest BCUT2D eigenvalue weighted by atomic mass is 35.5. The molecular weight excluding hydrogens is 283 g/mol. The molecule has 20 heavy (non-hydrogen) atoms. The Balaban J connectivity index is 2.29. The van der Waals surface area contributed by atoms with E-state index >= 15 is 0 Å². The van der Waals surface area contributed by atoms with Crippen LogP contribution in [-0.4, -0.2) is 11.1 Å². The maximum absolute atomic E-state index is 13.5. The summed E-state index contributed by atoms with van der Waals surface area (Å²) in [7, 11) is 0. The van der Waals surface area contributed by atoms with E-state index in [2.05, 4.69) is 0 Å². The van der Waals surface area contributed by atoms with E-state index in [1.54, 1.807) is 24.3 Å². The largest absolute Gasteiger partial charge is 0.478 e. The summed E-state index contributed by atoms with van der Waals surface area (Å²) in [5, 5.41) is 8.96. The van der Waals surface area contributed by atoms with E-state index in [0.717, 1.165) is 6.08 Å². The number of hydrogen-bond donors (Lipinski definition) is 1. The van der Waals surface area contributed by atoms with Crippen molar-refractivity contribution in [1.82, 2.24) is 0 Å². The van der Waals surface area contributed by atoms with E-state index in [-0.39, 0.29) is 5.75 Å². The van der Waals surface area contributed by atoms with Crippen molar-refractivity contribution < 1.29 is 19.0 Å². The molecule has 2 rings (SSSR count). The number of para-hydroxylation sites is 1. The standard InChI is InChI=1S/C15H10ClFO3/c16-13-3-1-2-4-14(13)20-12-8-10(5-6-15(18)19)7-11(17)9-12/h1-9H,(H,18,19)/b6-5+. The van der Waals surface area contributed by atoms with Gasteiger partial charge in [0.15, 0.2) is 0 Å². The van der Waals surface area contributed by atoms with Crippen LogP contribution < -0.4 is 4.74 Å². The molecule has 1 N–H and O–H groups in total. The van der Waals surface area contributed by atoms with Gasteiger partial charge in [-0.05, 0) is 35.9 Å². The van der Waals surface area contributed by atoms with Crippen LogP contribution in [0.5, 0.6) is 11.5 Å². The Bertz CT molecular complexity index is 668. The molecule has 0 aliphatic rings. The average molecular weight is 293 g/mol. The van der Waals surface area contributed by atoms with Crippen LogP contribution in [0.15, 0.2) is 48.5 Å². The number of halogens is 2. The molecule has 0 saturated heterocycles. The lowest BCUT2D eigenvalue weighted by Crippen LogP contribution is -1.89. The molecule has 2 aromatic rings. The summed E-state index contributed by atoms with van der Waals surface area (Å²) in [5.74, 6) is -1.00. The minimum absolute atomic E-state index is 0.239. The molecule has 0 atom stereocenters. The number of rotatable bonds is 4. The quantitative estimate of drug-likeness (QED) is 0.851. The molecule has 0 spiro atoms. The maximum atomic E-state index is 13.5. The number of carboxylic acid groups (broad SMARTS) is 1. The molecule has 102 valence electrons. The zero-order valence-corrected chi connectivity index (χ0v) is 11.0. The van der Waals surface area contributed by atoms with Crippen LogP contribution >= 0.6 is 11.6 Å². The van der Waals surface area contributed by atoms with Gasteiger partial charge in [0.2, 0.25) is 0 Å². The van der Waals surface area contributed by atoms with Gasteiger partial charge in [0.25, 0.3) is 0 Å². The molecule has 0 aromatic heterocycles. The minimum atomic E-state index is -1.11. The van der Waals surface area contributed by atoms with Crippen LogP contribution in [-0.2, 0) is 4.79 Å². The molecule has 0 saturated carbocycles. The third kappa shape index (κ3) is 3.83. The second-order valence-corrected chi connectivity index (χ2v) is 4.33. The van der Waals surface area contributed by atoms with Gasteiger partial charge >= 0.3 is 5.97 Å². The van der Waals surface area contributed by atoms with Crippen LogP contribution in [0.3, 0.4) is 0 Å². The number of hydrogen-bond acceptors (Lipinski definition) is 2. The number of carboxylic acids is 1. The first-order valence-corrected chi connectivity index (χ1v) is 6.06. The van der Waals surface area contributed by atoms with Gasteiger partial charge in [-0.15, -0.1) is 0 Å². The van der Waals surface area contributed by atoms with Crippen LogP contribution in [0.25, 0.3) is 6.08 Å². The van der Waals surface area contributed by atoms with Crippen LogP contribution in [0, 0.1) is 5.82 Å². The van der Waals surface area contributed by atoms with Crippen molar-refractivity contribution in [2.45, 2.75) is 0 Å². The van der Waals surface area contributed by atoms with Crippen molar-refractivity contribution >= 4 is 23.6 Å². The Morgan fingerprint density at radius 1 is 1.25 bits per heavy atom. The second kappa shape index (κ2) is 6.21. The SMILES string of the molecule is O=C(O)/C=C/c1cc(F)cc(Oc2ccccc2Cl)c1. The fraction of sp³-hybridized carbons (Fsp3) is 0. The fourth-order valence-electron chi connectivity index (χ4n) is 1.56. The van der Waals surface area contributed by atoms with E-state index in [1.807, 2.05) is 0 Å². The van der Waals surface area contributed by atoms with E-state index < -0.39 is 11.8 Å². The van der Waals surface area contributed by atoms with Crippen molar-refractivity contribution in [2.24, 2.45) is 0 Å². The molecule has 0 radical (unpaired) electrons. The summed E-state index contributed by atoms with van der Waals surface area (Å²) in [6, 6.07) is 10.7. The monoisotopic (exact) mass is 292 g/mol. The van der Waals surface area contributed by atoms with Crippen molar-refractivity contribution in [2.75, 3.05) is 0 Å². The molecule has 0 bridgehead atoms. The number of aliphatic carboxylic acids is 1. The normalized spacial score (nSPS) is 10.7. The highest BCUT2D eigenvalue weighted by Crippen LogP contribution is 2.29. The Morgan fingerprint density at radius 3 is 2.70 bits per heavy atom.